The van der Waals surface area contributed by atoms with Crippen molar-refractivity contribution in [3.8, 4) is 5.75 Å². The molecule has 1 aliphatic heterocycles. The number of hydrogen-bond donors (Lipinski definition) is 1. The van der Waals surface area contributed by atoms with E-state index in [1.54, 1.807) is 42.7 Å². The van der Waals surface area contributed by atoms with Gasteiger partial charge in [0.05, 0.1) is 18.2 Å². The first-order valence-corrected chi connectivity index (χ1v) is 10.6. The molecule has 0 spiro atoms. The van der Waals surface area contributed by atoms with Crippen LogP contribution in [0.2, 0.25) is 0 Å². The molecule has 2 aromatic carbocycles. The molecule has 0 bridgehead atoms. The minimum absolute atomic E-state index is 0.0673. The van der Waals surface area contributed by atoms with Crippen LogP contribution in [0.15, 0.2) is 84.7 Å². The highest BCUT2D eigenvalue weighted by Crippen LogP contribution is 2.40. The number of ether oxygens (including phenoxy) is 1. The van der Waals surface area contributed by atoms with Gasteiger partial charge >= 0.3 is 0 Å². The lowest BCUT2D eigenvalue weighted by Crippen LogP contribution is -2.29. The fourth-order valence-electron chi connectivity index (χ4n) is 3.82. The van der Waals surface area contributed by atoms with Crippen molar-refractivity contribution in [3.05, 3.63) is 101 Å². The zero-order valence-corrected chi connectivity index (χ0v) is 17.8. The first kappa shape index (κ1) is 21.3. The fraction of sp³-hybridized carbons (Fsp3) is 0.192. The Kier molecular flexibility index (Phi) is 6.31. The fourth-order valence-corrected chi connectivity index (χ4v) is 3.82. The van der Waals surface area contributed by atoms with Gasteiger partial charge in [0.1, 0.15) is 11.5 Å². The number of aromatic nitrogens is 1. The Hall–Kier alpha value is -3.93. The molecule has 1 atom stereocenters. The summed E-state index contributed by atoms with van der Waals surface area (Å²) in [6.07, 6.45) is 4.17. The number of pyridine rings is 1. The number of amides is 1. The van der Waals surface area contributed by atoms with E-state index in [4.69, 9.17) is 4.74 Å². The second kappa shape index (κ2) is 9.47. The van der Waals surface area contributed by atoms with Crippen LogP contribution in [0, 0.1) is 0 Å². The Bertz CT molecular complexity index is 1140. The Morgan fingerprint density at radius 1 is 1.06 bits per heavy atom. The summed E-state index contributed by atoms with van der Waals surface area (Å²) in [5.41, 5.74) is 2.04. The van der Waals surface area contributed by atoms with Crippen LogP contribution >= 0.6 is 0 Å². The normalized spacial score (nSPS) is 17.5. The minimum atomic E-state index is -0.711. The van der Waals surface area contributed by atoms with Gasteiger partial charge in [-0.3, -0.25) is 14.6 Å². The van der Waals surface area contributed by atoms with Crippen LogP contribution in [-0.4, -0.2) is 33.3 Å². The van der Waals surface area contributed by atoms with Crippen LogP contribution in [0.25, 0.3) is 5.76 Å². The maximum absolute atomic E-state index is 13.1. The molecule has 0 radical (unpaired) electrons. The van der Waals surface area contributed by atoms with Crippen molar-refractivity contribution in [1.82, 2.24) is 9.88 Å². The number of ketones is 1. The Morgan fingerprint density at radius 3 is 2.59 bits per heavy atom. The van der Waals surface area contributed by atoms with Crippen molar-refractivity contribution in [2.45, 2.75) is 25.9 Å². The van der Waals surface area contributed by atoms with E-state index in [0.717, 1.165) is 17.5 Å². The quantitative estimate of drug-likeness (QED) is 0.341. The summed E-state index contributed by atoms with van der Waals surface area (Å²) in [5, 5.41) is 11.2. The molecule has 0 aliphatic carbocycles. The number of rotatable bonds is 7. The van der Waals surface area contributed by atoms with E-state index in [0.29, 0.717) is 17.9 Å². The van der Waals surface area contributed by atoms with Gasteiger partial charge < -0.3 is 14.7 Å². The van der Waals surface area contributed by atoms with E-state index in [-0.39, 0.29) is 17.9 Å². The van der Waals surface area contributed by atoms with E-state index in [1.165, 1.54) is 4.90 Å². The van der Waals surface area contributed by atoms with Crippen LogP contribution in [0.4, 0.5) is 0 Å². The number of benzene rings is 2. The summed E-state index contributed by atoms with van der Waals surface area (Å²) in [4.78, 5) is 31.7. The predicted octanol–water partition coefficient (Wildman–Crippen LogP) is 4.49. The Morgan fingerprint density at radius 2 is 1.88 bits per heavy atom. The van der Waals surface area contributed by atoms with Crippen LogP contribution in [0.5, 0.6) is 5.75 Å². The Balaban J connectivity index is 1.80. The number of aliphatic hydroxyl groups excluding tert-OH is 1. The summed E-state index contributed by atoms with van der Waals surface area (Å²) in [5.74, 6) is -0.979. The molecule has 6 nitrogen and oxygen atoms in total. The zero-order valence-electron chi connectivity index (χ0n) is 17.8. The molecule has 162 valence electrons. The van der Waals surface area contributed by atoms with Gasteiger partial charge in [-0.05, 0) is 35.7 Å². The summed E-state index contributed by atoms with van der Waals surface area (Å²) in [6, 6.07) is 19.1. The highest BCUT2D eigenvalue weighted by molar-refractivity contribution is 6.46. The van der Waals surface area contributed by atoms with Crippen molar-refractivity contribution in [3.63, 3.8) is 0 Å². The van der Waals surface area contributed by atoms with Crippen LogP contribution in [-0.2, 0) is 16.1 Å². The third-order valence-corrected chi connectivity index (χ3v) is 5.31. The van der Waals surface area contributed by atoms with Gasteiger partial charge in [-0.15, -0.1) is 0 Å². The maximum atomic E-state index is 13.1. The summed E-state index contributed by atoms with van der Waals surface area (Å²) in [7, 11) is 0. The van der Waals surface area contributed by atoms with Crippen molar-refractivity contribution in [1.29, 1.82) is 0 Å². The topological polar surface area (TPSA) is 79.7 Å². The lowest BCUT2D eigenvalue weighted by Gasteiger charge is -2.25. The lowest BCUT2D eigenvalue weighted by atomic mass is 9.95. The number of hydrogen-bond acceptors (Lipinski definition) is 5. The molecule has 0 saturated carbocycles. The molecule has 4 rings (SSSR count). The first-order valence-electron chi connectivity index (χ1n) is 10.6. The first-order chi connectivity index (χ1) is 15.6. The SMILES string of the molecule is CCCOc1cccc(/C(O)=C2\C(=O)C(=O)N(Cc3cccnc3)C2c2ccccc2)c1. The van der Waals surface area contributed by atoms with Gasteiger partial charge in [0.15, 0.2) is 0 Å². The molecule has 6 heteroatoms. The molecular formula is C26H24N2O4. The van der Waals surface area contributed by atoms with Gasteiger partial charge in [0.25, 0.3) is 11.7 Å². The van der Waals surface area contributed by atoms with E-state index < -0.39 is 17.7 Å². The van der Waals surface area contributed by atoms with E-state index >= 15 is 0 Å². The van der Waals surface area contributed by atoms with Crippen LogP contribution < -0.4 is 4.74 Å². The third-order valence-electron chi connectivity index (χ3n) is 5.31. The van der Waals surface area contributed by atoms with Crippen molar-refractivity contribution >= 4 is 17.4 Å². The third kappa shape index (κ3) is 4.25. The highest BCUT2D eigenvalue weighted by Gasteiger charge is 2.46. The number of Topliss-reactive ketones (excluding diaryl/α,β-unsaturated/α-hetero) is 1. The number of carbonyl (C=O) groups excluding carboxylic acids is 2. The van der Waals surface area contributed by atoms with Crippen molar-refractivity contribution in [2.24, 2.45) is 0 Å². The molecule has 32 heavy (non-hydrogen) atoms. The second-order valence-corrected chi connectivity index (χ2v) is 7.58. The molecule has 1 saturated heterocycles. The average molecular weight is 428 g/mol. The molecular weight excluding hydrogens is 404 g/mol. The monoisotopic (exact) mass is 428 g/mol. The lowest BCUT2D eigenvalue weighted by molar-refractivity contribution is -0.140. The van der Waals surface area contributed by atoms with Crippen molar-refractivity contribution in [2.75, 3.05) is 6.61 Å². The number of likely N-dealkylation sites (tertiary alicyclic amines) is 1. The maximum Gasteiger partial charge on any atom is 0.295 e. The van der Waals surface area contributed by atoms with Gasteiger partial charge in [0, 0.05) is 24.5 Å². The predicted molar refractivity (Wildman–Crippen MR) is 121 cm³/mol. The molecule has 2 heterocycles. The van der Waals surface area contributed by atoms with Gasteiger partial charge in [-0.1, -0.05) is 55.5 Å². The number of aliphatic hydroxyl groups is 1. The molecule has 1 N–H and O–H groups in total. The summed E-state index contributed by atoms with van der Waals surface area (Å²) in [6.45, 7) is 2.76. The van der Waals surface area contributed by atoms with E-state index in [2.05, 4.69) is 4.98 Å². The molecule has 1 fully saturated rings. The zero-order chi connectivity index (χ0) is 22.5. The molecule has 1 aliphatic rings. The van der Waals surface area contributed by atoms with E-state index in [1.807, 2.05) is 43.3 Å². The standard InChI is InChI=1S/C26H24N2O4/c1-2-14-32-21-12-6-11-20(15-21)24(29)22-23(19-9-4-3-5-10-19)28(26(31)25(22)30)17-18-8-7-13-27-16-18/h3-13,15-16,23,29H,2,14,17H2,1H3/b24-22+. The molecule has 1 aromatic heterocycles. The summed E-state index contributed by atoms with van der Waals surface area (Å²) >= 11 is 0. The smallest absolute Gasteiger partial charge is 0.295 e. The van der Waals surface area contributed by atoms with Crippen molar-refractivity contribution < 1.29 is 19.4 Å². The molecule has 3 aromatic rings. The summed E-state index contributed by atoms with van der Waals surface area (Å²) < 4.78 is 5.67. The van der Waals surface area contributed by atoms with Crippen LogP contribution in [0.1, 0.15) is 36.1 Å². The highest BCUT2D eigenvalue weighted by atomic mass is 16.5. The molecule has 1 unspecified atom stereocenters. The number of carbonyl (C=O) groups is 2. The second-order valence-electron chi connectivity index (χ2n) is 7.58. The van der Waals surface area contributed by atoms with Gasteiger partial charge in [-0.25, -0.2) is 0 Å². The van der Waals surface area contributed by atoms with Gasteiger partial charge in [0.2, 0.25) is 0 Å². The Labute approximate surface area is 186 Å². The molecule has 1 amide bonds. The van der Waals surface area contributed by atoms with E-state index in [9.17, 15) is 14.7 Å². The number of nitrogens with zero attached hydrogens (tertiary/aromatic N) is 2. The van der Waals surface area contributed by atoms with Crippen LogP contribution in [0.3, 0.4) is 0 Å². The largest absolute Gasteiger partial charge is 0.507 e. The average Bonchev–Trinajstić information content (AvgIpc) is 3.08. The van der Waals surface area contributed by atoms with Gasteiger partial charge in [-0.2, -0.15) is 0 Å². The minimum Gasteiger partial charge on any atom is -0.507 e.